The zero-order valence-corrected chi connectivity index (χ0v) is 19.9. The van der Waals surface area contributed by atoms with E-state index in [9.17, 15) is 4.79 Å². The minimum atomic E-state index is -0.0138. The molecule has 34 heavy (non-hydrogen) atoms. The largest absolute Gasteiger partial charge is 0.373 e. The van der Waals surface area contributed by atoms with Gasteiger partial charge in [0, 0.05) is 16.5 Å². The lowest BCUT2D eigenvalue weighted by Crippen LogP contribution is -2.24. The molecule has 5 rings (SSSR count). The van der Waals surface area contributed by atoms with Gasteiger partial charge in [-0.25, -0.2) is 4.98 Å². The Morgan fingerprint density at radius 2 is 1.91 bits per heavy atom. The number of aryl methyl sites for hydroxylation is 1. The zero-order valence-electron chi connectivity index (χ0n) is 19.1. The first-order valence-corrected chi connectivity index (χ1v) is 11.7. The Balaban J connectivity index is 0.000000868. The standard InChI is InChI=1S/C24H23N5OS.CO2/c1-4-21-18(10-11-31-21)16-8-9-17-13-28(24(30)19(17)12-16)22-7-5-6-20(26-22)23-27-25-14-29(23)15(2)3;2-1-3/h5-12,14-15H,4,13H2,1-3H3;. The first-order valence-electron chi connectivity index (χ1n) is 10.9. The third-order valence-electron chi connectivity index (χ3n) is 5.66. The maximum absolute atomic E-state index is 13.3. The number of amides is 1. The Bertz CT molecular complexity index is 1370. The molecule has 0 atom stereocenters. The van der Waals surface area contributed by atoms with Crippen molar-refractivity contribution in [3.05, 3.63) is 70.2 Å². The Morgan fingerprint density at radius 3 is 2.65 bits per heavy atom. The number of hydrogen-bond donors (Lipinski definition) is 0. The van der Waals surface area contributed by atoms with Gasteiger partial charge in [0.25, 0.3) is 5.91 Å². The Kier molecular flexibility index (Phi) is 6.77. The number of nitrogens with zero attached hydrogens (tertiary/aromatic N) is 5. The van der Waals surface area contributed by atoms with Crippen LogP contribution in [0.1, 0.15) is 47.6 Å². The van der Waals surface area contributed by atoms with E-state index in [2.05, 4.69) is 54.5 Å². The summed E-state index contributed by atoms with van der Waals surface area (Å²) in [4.78, 5) is 37.4. The van der Waals surface area contributed by atoms with Crippen molar-refractivity contribution in [1.82, 2.24) is 19.7 Å². The molecule has 1 aliphatic rings. The molecule has 1 aromatic carbocycles. The van der Waals surface area contributed by atoms with E-state index in [0.717, 1.165) is 23.1 Å². The molecule has 0 fully saturated rings. The van der Waals surface area contributed by atoms with Crippen LogP contribution in [0.3, 0.4) is 0 Å². The highest BCUT2D eigenvalue weighted by Gasteiger charge is 2.30. The van der Waals surface area contributed by atoms with Crippen molar-refractivity contribution in [2.75, 3.05) is 4.90 Å². The summed E-state index contributed by atoms with van der Waals surface area (Å²) in [6.45, 7) is 6.83. The van der Waals surface area contributed by atoms with Crippen molar-refractivity contribution in [3.8, 4) is 22.6 Å². The van der Waals surface area contributed by atoms with Crippen LogP contribution in [0, 0.1) is 0 Å². The summed E-state index contributed by atoms with van der Waals surface area (Å²) in [5.74, 6) is 1.32. The van der Waals surface area contributed by atoms with Crippen LogP contribution >= 0.6 is 11.3 Å². The number of benzene rings is 1. The Morgan fingerprint density at radius 1 is 1.12 bits per heavy atom. The van der Waals surface area contributed by atoms with Crippen LogP contribution < -0.4 is 4.90 Å². The summed E-state index contributed by atoms with van der Waals surface area (Å²) >= 11 is 1.76. The van der Waals surface area contributed by atoms with Crippen LogP contribution in [0.15, 0.2) is 54.2 Å². The van der Waals surface area contributed by atoms with Crippen LogP contribution in [0.25, 0.3) is 22.6 Å². The molecule has 1 amide bonds. The molecule has 8 nitrogen and oxygen atoms in total. The van der Waals surface area contributed by atoms with Crippen LogP contribution in [-0.2, 0) is 22.6 Å². The summed E-state index contributed by atoms with van der Waals surface area (Å²) in [7, 11) is 0. The lowest BCUT2D eigenvalue weighted by molar-refractivity contribution is -0.191. The molecular weight excluding hydrogens is 450 g/mol. The number of aromatic nitrogens is 4. The maximum atomic E-state index is 13.3. The van der Waals surface area contributed by atoms with Crippen molar-refractivity contribution >= 4 is 29.2 Å². The summed E-state index contributed by atoms with van der Waals surface area (Å²) in [6.07, 6.45) is 2.95. The van der Waals surface area contributed by atoms with E-state index >= 15 is 0 Å². The van der Waals surface area contributed by atoms with Gasteiger partial charge in [0.1, 0.15) is 17.8 Å². The van der Waals surface area contributed by atoms with Crippen LogP contribution in [0.5, 0.6) is 0 Å². The molecule has 4 aromatic rings. The van der Waals surface area contributed by atoms with Gasteiger partial charge >= 0.3 is 6.15 Å². The van der Waals surface area contributed by atoms with Gasteiger partial charge in [0.05, 0.1) is 6.54 Å². The Labute approximate surface area is 200 Å². The first kappa shape index (κ1) is 23.2. The highest BCUT2D eigenvalue weighted by molar-refractivity contribution is 7.10. The number of anilines is 1. The monoisotopic (exact) mass is 473 g/mol. The topological polar surface area (TPSA) is 98.1 Å². The fourth-order valence-corrected chi connectivity index (χ4v) is 4.88. The van der Waals surface area contributed by atoms with E-state index < -0.39 is 0 Å². The average Bonchev–Trinajstić information content (AvgIpc) is 3.58. The van der Waals surface area contributed by atoms with Gasteiger partial charge in [0.15, 0.2) is 5.82 Å². The number of carbonyl (C=O) groups is 1. The second-order valence-corrected chi connectivity index (χ2v) is 8.99. The second kappa shape index (κ2) is 9.91. The molecule has 1 aliphatic heterocycles. The quantitative estimate of drug-likeness (QED) is 0.413. The fraction of sp³-hybridized carbons (Fsp3) is 0.240. The van der Waals surface area contributed by atoms with E-state index in [1.165, 1.54) is 10.4 Å². The van der Waals surface area contributed by atoms with Crippen LogP contribution in [-0.4, -0.2) is 31.8 Å². The average molecular weight is 474 g/mol. The minimum absolute atomic E-state index is 0.0138. The van der Waals surface area contributed by atoms with Crippen molar-refractivity contribution in [1.29, 1.82) is 0 Å². The van der Waals surface area contributed by atoms with E-state index in [4.69, 9.17) is 14.6 Å². The molecule has 0 unspecified atom stereocenters. The maximum Gasteiger partial charge on any atom is 0.373 e. The predicted octanol–water partition coefficient (Wildman–Crippen LogP) is 4.79. The number of fused-ring (bicyclic) bond motifs is 1. The third-order valence-corrected chi connectivity index (χ3v) is 6.73. The van der Waals surface area contributed by atoms with E-state index in [0.29, 0.717) is 23.9 Å². The molecule has 0 saturated carbocycles. The summed E-state index contributed by atoms with van der Waals surface area (Å²) in [6, 6.07) is 14.3. The van der Waals surface area contributed by atoms with Gasteiger partial charge in [0.2, 0.25) is 0 Å². The number of carbonyl (C=O) groups excluding carboxylic acids is 3. The van der Waals surface area contributed by atoms with Crippen molar-refractivity contribution in [3.63, 3.8) is 0 Å². The molecule has 0 N–H and O–H groups in total. The first-order chi connectivity index (χ1) is 16.5. The number of hydrogen-bond acceptors (Lipinski definition) is 7. The number of thiophene rings is 1. The summed E-state index contributed by atoms with van der Waals surface area (Å²) in [5, 5.41) is 10.4. The molecule has 0 radical (unpaired) electrons. The SMILES string of the molecule is CCc1sccc1-c1ccc2c(c1)C(=O)N(c1cccc(-c3nncn3C(C)C)n1)C2.O=C=O. The summed E-state index contributed by atoms with van der Waals surface area (Å²) in [5.41, 5.74) is 4.80. The Hall–Kier alpha value is -3.94. The van der Waals surface area contributed by atoms with Gasteiger partial charge in [-0.3, -0.25) is 9.69 Å². The molecule has 4 heterocycles. The molecule has 172 valence electrons. The lowest BCUT2D eigenvalue weighted by atomic mass is 10.0. The molecule has 0 aliphatic carbocycles. The normalized spacial score (nSPS) is 12.4. The van der Waals surface area contributed by atoms with Gasteiger partial charge in [-0.05, 0) is 66.6 Å². The van der Waals surface area contributed by atoms with Crippen molar-refractivity contribution in [2.24, 2.45) is 0 Å². The molecule has 9 heteroatoms. The third kappa shape index (κ3) is 4.31. The number of pyridine rings is 1. The molecule has 3 aromatic heterocycles. The van der Waals surface area contributed by atoms with Crippen LogP contribution in [0.2, 0.25) is 0 Å². The van der Waals surface area contributed by atoms with Gasteiger partial charge in [-0.1, -0.05) is 25.1 Å². The molecular formula is C25H23N5O3S. The van der Waals surface area contributed by atoms with Crippen LogP contribution in [0.4, 0.5) is 5.82 Å². The van der Waals surface area contributed by atoms with Gasteiger partial charge in [-0.15, -0.1) is 21.5 Å². The predicted molar refractivity (Wildman–Crippen MR) is 128 cm³/mol. The van der Waals surface area contributed by atoms with Gasteiger partial charge in [-0.2, -0.15) is 9.59 Å². The molecule has 0 saturated heterocycles. The molecule has 0 spiro atoms. The van der Waals surface area contributed by atoms with E-state index in [-0.39, 0.29) is 18.1 Å². The lowest BCUT2D eigenvalue weighted by Gasteiger charge is -2.16. The molecule has 0 bridgehead atoms. The summed E-state index contributed by atoms with van der Waals surface area (Å²) < 4.78 is 1.98. The van der Waals surface area contributed by atoms with E-state index in [1.54, 1.807) is 22.6 Å². The zero-order chi connectivity index (χ0) is 24.2. The van der Waals surface area contributed by atoms with Gasteiger partial charge < -0.3 is 4.57 Å². The smallest absolute Gasteiger partial charge is 0.310 e. The minimum Gasteiger partial charge on any atom is -0.310 e. The number of rotatable bonds is 5. The van der Waals surface area contributed by atoms with E-state index in [1.807, 2.05) is 28.8 Å². The second-order valence-electron chi connectivity index (χ2n) is 7.99. The van der Waals surface area contributed by atoms with Crippen molar-refractivity contribution in [2.45, 2.75) is 39.8 Å². The highest BCUT2D eigenvalue weighted by Crippen LogP contribution is 2.34. The fourth-order valence-electron chi connectivity index (χ4n) is 4.03. The highest BCUT2D eigenvalue weighted by atomic mass is 32.1. The van der Waals surface area contributed by atoms with Crippen molar-refractivity contribution < 1.29 is 14.4 Å².